The number of aromatic nitrogens is 3. The number of nitrogens with two attached hydrogens (primary N) is 1. The monoisotopic (exact) mass is 485 g/mol. The molecule has 2 unspecified atom stereocenters. The summed E-state index contributed by atoms with van der Waals surface area (Å²) in [4.78, 5) is 23.3. The maximum Gasteiger partial charge on any atom is 0.410 e. The highest BCUT2D eigenvalue weighted by Gasteiger charge is 2.57. The largest absolute Gasteiger partial charge is 0.444 e. The molecule has 192 valence electrons. The Morgan fingerprint density at radius 2 is 1.91 bits per heavy atom. The second-order valence-electron chi connectivity index (χ2n) is 12.1. The number of piperidine rings is 1. The quantitative estimate of drug-likeness (QED) is 0.676. The summed E-state index contributed by atoms with van der Waals surface area (Å²) in [5.74, 6) is 0.933. The van der Waals surface area contributed by atoms with E-state index in [4.69, 9.17) is 19.9 Å². The Hall–Kier alpha value is -2.39. The molecule has 0 radical (unpaired) electrons. The second-order valence-corrected chi connectivity index (χ2v) is 12.1. The Morgan fingerprint density at radius 3 is 2.60 bits per heavy atom. The minimum atomic E-state index is -0.640. The van der Waals surface area contributed by atoms with Crippen LogP contribution in [0.25, 0.3) is 11.0 Å². The number of nitrogens with zero attached hydrogens (tertiary/aromatic N) is 4. The molecule has 3 aliphatic rings. The summed E-state index contributed by atoms with van der Waals surface area (Å²) in [6, 6.07) is 0.0911. The molecule has 2 N–H and O–H groups in total. The Morgan fingerprint density at radius 1 is 1.20 bits per heavy atom. The Balaban J connectivity index is 1.41. The summed E-state index contributed by atoms with van der Waals surface area (Å²) in [7, 11) is 0. The normalized spacial score (nSPS) is 32.7. The molecule has 9 heteroatoms. The average Bonchev–Trinajstić information content (AvgIpc) is 3.35. The number of anilines is 1. The highest BCUT2D eigenvalue weighted by molar-refractivity contribution is 5.89. The highest BCUT2D eigenvalue weighted by Crippen LogP contribution is 2.52. The lowest BCUT2D eigenvalue weighted by atomic mass is 9.75. The number of rotatable bonds is 2. The van der Waals surface area contributed by atoms with Gasteiger partial charge in [-0.25, -0.2) is 14.8 Å². The van der Waals surface area contributed by atoms with E-state index in [0.717, 1.165) is 29.4 Å². The Bertz CT molecular complexity index is 1120. The molecule has 2 saturated heterocycles. The summed E-state index contributed by atoms with van der Waals surface area (Å²) >= 11 is 0. The maximum absolute atomic E-state index is 12.7. The molecule has 2 aromatic rings. The van der Waals surface area contributed by atoms with Crippen molar-refractivity contribution in [1.29, 1.82) is 0 Å². The van der Waals surface area contributed by atoms with Crippen LogP contribution in [0, 0.1) is 24.7 Å². The van der Waals surface area contributed by atoms with Crippen molar-refractivity contribution in [1.82, 2.24) is 19.4 Å². The predicted molar refractivity (Wildman–Crippen MR) is 133 cm³/mol. The van der Waals surface area contributed by atoms with Crippen LogP contribution in [0.2, 0.25) is 0 Å². The van der Waals surface area contributed by atoms with E-state index in [0.29, 0.717) is 36.7 Å². The number of hydrogen-bond acceptors (Lipinski definition) is 7. The number of nitrogen functional groups attached to an aromatic ring is 1. The summed E-state index contributed by atoms with van der Waals surface area (Å²) in [5.41, 5.74) is 7.62. The first-order valence-electron chi connectivity index (χ1n) is 12.8. The van der Waals surface area contributed by atoms with E-state index < -0.39 is 11.4 Å². The maximum atomic E-state index is 12.7. The van der Waals surface area contributed by atoms with Gasteiger partial charge in [0.1, 0.15) is 29.5 Å². The van der Waals surface area contributed by atoms with Crippen LogP contribution in [0.4, 0.5) is 10.6 Å². The molecule has 1 aliphatic carbocycles. The van der Waals surface area contributed by atoms with E-state index in [-0.39, 0.29) is 24.3 Å². The predicted octanol–water partition coefficient (Wildman–Crippen LogP) is 4.30. The molecule has 3 fully saturated rings. The van der Waals surface area contributed by atoms with Crippen molar-refractivity contribution in [3.63, 3.8) is 0 Å². The molecule has 1 saturated carbocycles. The van der Waals surface area contributed by atoms with Crippen LogP contribution < -0.4 is 5.73 Å². The minimum Gasteiger partial charge on any atom is -0.444 e. The third-order valence-corrected chi connectivity index (χ3v) is 7.84. The second kappa shape index (κ2) is 8.34. The zero-order valence-corrected chi connectivity index (χ0v) is 21.9. The number of hydrogen-bond donors (Lipinski definition) is 1. The molecule has 4 heterocycles. The fourth-order valence-corrected chi connectivity index (χ4v) is 6.53. The number of fused-ring (bicyclic) bond motifs is 2. The number of likely N-dealkylation sites (tertiary alicyclic amines) is 1. The highest BCUT2D eigenvalue weighted by atomic mass is 16.8. The molecule has 35 heavy (non-hydrogen) atoms. The van der Waals surface area contributed by atoms with E-state index in [1.807, 2.05) is 46.4 Å². The lowest BCUT2D eigenvalue weighted by molar-refractivity contribution is -0.164. The van der Waals surface area contributed by atoms with Crippen molar-refractivity contribution in [2.75, 3.05) is 18.8 Å². The molecule has 0 aromatic carbocycles. The van der Waals surface area contributed by atoms with Crippen molar-refractivity contribution < 1.29 is 19.0 Å². The fourth-order valence-electron chi connectivity index (χ4n) is 6.53. The van der Waals surface area contributed by atoms with Crippen molar-refractivity contribution in [2.24, 2.45) is 17.8 Å². The smallest absolute Gasteiger partial charge is 0.410 e. The molecule has 5 rings (SSSR count). The van der Waals surface area contributed by atoms with Gasteiger partial charge >= 0.3 is 6.09 Å². The molecule has 2 aromatic heterocycles. The van der Waals surface area contributed by atoms with Crippen molar-refractivity contribution in [3.8, 4) is 0 Å². The lowest BCUT2D eigenvalue weighted by Crippen LogP contribution is -2.47. The van der Waals surface area contributed by atoms with Crippen molar-refractivity contribution in [3.05, 3.63) is 18.1 Å². The summed E-state index contributed by atoms with van der Waals surface area (Å²) < 4.78 is 20.9. The lowest BCUT2D eigenvalue weighted by Gasteiger charge is -2.41. The van der Waals surface area contributed by atoms with Gasteiger partial charge in [-0.1, -0.05) is 6.92 Å². The van der Waals surface area contributed by atoms with E-state index in [9.17, 15) is 4.79 Å². The first-order chi connectivity index (χ1) is 16.3. The summed E-state index contributed by atoms with van der Waals surface area (Å²) in [6.07, 6.45) is 5.21. The molecule has 0 spiro atoms. The average molecular weight is 486 g/mol. The number of carbonyl (C=O) groups is 1. The van der Waals surface area contributed by atoms with Crippen LogP contribution in [0.3, 0.4) is 0 Å². The van der Waals surface area contributed by atoms with Crippen LogP contribution in [-0.4, -0.2) is 62.2 Å². The third kappa shape index (κ3) is 4.37. The Kier molecular flexibility index (Phi) is 5.79. The minimum absolute atomic E-state index is 0.00698. The van der Waals surface area contributed by atoms with Gasteiger partial charge < -0.3 is 29.4 Å². The zero-order chi connectivity index (χ0) is 25.3. The molecular formula is C26H39N5O4. The van der Waals surface area contributed by atoms with Gasteiger partial charge in [-0.05, 0) is 77.7 Å². The van der Waals surface area contributed by atoms with Crippen LogP contribution >= 0.6 is 0 Å². The molecule has 2 aliphatic heterocycles. The number of ether oxygens (including phenoxy) is 3. The van der Waals surface area contributed by atoms with E-state index >= 15 is 0 Å². The zero-order valence-electron chi connectivity index (χ0n) is 21.9. The van der Waals surface area contributed by atoms with Gasteiger partial charge in [0.2, 0.25) is 0 Å². The van der Waals surface area contributed by atoms with E-state index in [1.54, 1.807) is 0 Å². The standard InChI is InChI=1S/C26H39N5O4/c1-14-11-30(24(32)35-25(3,4)5)9-8-16(14)17-10-18(21-20(17)33-26(6,7)34-21)31-12-15(2)19-22(27)28-13-29-23(19)31/h12-14,16-18,20-21H,8-11H2,1-7H3,(H2,27,28,29)/t14?,16?,17-,18-,20-,21+/m1/s1. The molecule has 9 nitrogen and oxygen atoms in total. The van der Waals surface area contributed by atoms with Crippen LogP contribution in [0.5, 0.6) is 0 Å². The first-order valence-corrected chi connectivity index (χ1v) is 12.8. The third-order valence-electron chi connectivity index (χ3n) is 7.84. The topological polar surface area (TPSA) is 105 Å². The van der Waals surface area contributed by atoms with Crippen LogP contribution in [0.1, 0.15) is 66.0 Å². The number of carbonyl (C=O) groups excluding carboxylic acids is 1. The van der Waals surface area contributed by atoms with Crippen molar-refractivity contribution in [2.45, 2.75) is 90.9 Å². The van der Waals surface area contributed by atoms with Gasteiger partial charge in [0.15, 0.2) is 5.79 Å². The molecule has 1 amide bonds. The van der Waals surface area contributed by atoms with Gasteiger partial charge in [0, 0.05) is 19.3 Å². The molecule has 6 atom stereocenters. The summed E-state index contributed by atoms with van der Waals surface area (Å²) in [5, 5.41) is 0.907. The van der Waals surface area contributed by atoms with Crippen LogP contribution in [-0.2, 0) is 14.2 Å². The molecular weight excluding hydrogens is 446 g/mol. The SMILES string of the molecule is Cc1cn([C@@H]2C[C@H](C3CCN(C(=O)OC(C)(C)C)CC3C)[C@H]3OC(C)(C)O[C@H]32)c2ncnc(N)c12. The van der Waals surface area contributed by atoms with Gasteiger partial charge in [-0.3, -0.25) is 0 Å². The molecule has 0 bridgehead atoms. The van der Waals surface area contributed by atoms with Crippen LogP contribution in [0.15, 0.2) is 12.5 Å². The first kappa shape index (κ1) is 24.3. The Labute approximate surface area is 207 Å². The van der Waals surface area contributed by atoms with Gasteiger partial charge in [0.25, 0.3) is 0 Å². The van der Waals surface area contributed by atoms with Gasteiger partial charge in [-0.2, -0.15) is 0 Å². The van der Waals surface area contributed by atoms with E-state index in [1.165, 1.54) is 6.33 Å². The summed E-state index contributed by atoms with van der Waals surface area (Å²) in [6.45, 7) is 15.4. The van der Waals surface area contributed by atoms with E-state index in [2.05, 4.69) is 27.7 Å². The number of amides is 1. The number of aryl methyl sites for hydroxylation is 1. The van der Waals surface area contributed by atoms with Crippen molar-refractivity contribution >= 4 is 22.9 Å². The van der Waals surface area contributed by atoms with Gasteiger partial charge in [0.05, 0.1) is 17.5 Å². The fraction of sp³-hybridized carbons (Fsp3) is 0.731. The van der Waals surface area contributed by atoms with Gasteiger partial charge in [-0.15, -0.1) is 0 Å².